The lowest BCUT2D eigenvalue weighted by atomic mass is 9.35. The van der Waals surface area contributed by atoms with Crippen LogP contribution in [0.15, 0.2) is 79.0 Å². The molecule has 12 rings (SSSR count). The van der Waals surface area contributed by atoms with Crippen LogP contribution in [0.2, 0.25) is 0 Å². The molecule has 29 heteroatoms. The maximum atomic E-state index is 13.9. The van der Waals surface area contributed by atoms with E-state index in [1.807, 2.05) is 55.1 Å². The van der Waals surface area contributed by atoms with Crippen LogP contribution in [-0.2, 0) is 57.8 Å². The summed E-state index contributed by atoms with van der Waals surface area (Å²) in [6.07, 6.45) is 12.5. The van der Waals surface area contributed by atoms with Gasteiger partial charge >= 0.3 is 24.1 Å². The van der Waals surface area contributed by atoms with Crippen molar-refractivity contribution in [2.24, 2.45) is 33.3 Å². The molecule has 0 saturated heterocycles. The number of aliphatic carboxylic acids is 1. The quantitative estimate of drug-likeness (QED) is 0.0144. The van der Waals surface area contributed by atoms with E-state index in [-0.39, 0.29) is 99.0 Å². The number of anilines is 5. The van der Waals surface area contributed by atoms with Crippen LogP contribution in [-0.4, -0.2) is 162 Å². The van der Waals surface area contributed by atoms with Gasteiger partial charge in [-0.15, -0.1) is 10.2 Å². The molecule has 536 valence electrons. The number of fused-ring (bicyclic) bond motifs is 2. The first-order valence-corrected chi connectivity index (χ1v) is 35.3. The van der Waals surface area contributed by atoms with Gasteiger partial charge in [-0.2, -0.15) is 5.10 Å². The van der Waals surface area contributed by atoms with E-state index in [0.717, 1.165) is 94.9 Å². The molecule has 4 bridgehead atoms. The molecular weight excluding hydrogens is 1310 g/mol. The number of carboxylic acid groups (broad SMARTS) is 2. The molecular formula is C72H89N15O13S. The SMILES string of the molecule is Cc1c(Nc2nc3ccccc3s2)nnc2c1CCCN2c1ccc(-c2cnn(CC34CC5(C)CC(C)(CC(CCCN(CCC(=O)O)C(=O)OCc6ccc(NC(=O)[C@H](CCCNC(N)=O)NC(=O)[C@@H](NC(=O)CCOCCN7C(=O)C=CC7=O)C(C)C)cc6)(C5)C3)C4)c2C)c(C(=O)O)n1. The van der Waals surface area contributed by atoms with Crippen LogP contribution >= 0.6 is 11.3 Å². The summed E-state index contributed by atoms with van der Waals surface area (Å²) < 4.78 is 14.4. The number of aromatic nitrogens is 6. The summed E-state index contributed by atoms with van der Waals surface area (Å²) in [7, 11) is 0. The number of pyridine rings is 1. The number of nitrogens with two attached hydrogens (primary N) is 1. The zero-order chi connectivity index (χ0) is 72.0. The fourth-order valence-corrected chi connectivity index (χ4v) is 17.8. The number of carboxylic acids is 2. The van der Waals surface area contributed by atoms with Crippen LogP contribution in [0.3, 0.4) is 0 Å². The van der Waals surface area contributed by atoms with Gasteiger partial charge in [0, 0.05) is 84.9 Å². The standard InChI is InChI=1S/C72H89N15O13S/c1-43(2)59(80-55(88)25-32-99-33-31-86-56(89)22-23-57(86)90)64(94)77-52(14-9-27-74-66(73)97)63(93)76-47-18-16-46(17-19-47)35-100-68(98)84(30-24-58(91)92)28-11-26-71-37-69(5)36-70(6,38-71)40-72(39-69,41-71)42-87-45(4)50(34-75-87)49-20-21-54(79-60(49)65(95)96)85-29-10-12-48-44(3)61(82-83-62(48)85)81-67-78-51-13-7-8-15-53(51)101-67/h7-8,13,15-23,34,43,52,59H,9-12,14,24-33,35-42H2,1-6H3,(H,76,93)(H,77,94)(H,80,88)(H,91,92)(H,95,96)(H3,73,74,97)(H,78,81,82)/t52-,59-,69?,70?,71?,72?/m0/s1. The maximum absolute atomic E-state index is 13.9. The Morgan fingerprint density at radius 3 is 2.24 bits per heavy atom. The molecule has 101 heavy (non-hydrogen) atoms. The normalized spacial score (nSPS) is 20.9. The zero-order valence-corrected chi connectivity index (χ0v) is 58.7. The number of amides is 8. The van der Waals surface area contributed by atoms with Crippen LogP contribution in [0.1, 0.15) is 144 Å². The largest absolute Gasteiger partial charge is 0.481 e. The van der Waals surface area contributed by atoms with Crippen molar-refractivity contribution in [1.29, 1.82) is 0 Å². The van der Waals surface area contributed by atoms with Crippen molar-refractivity contribution in [3.8, 4) is 11.1 Å². The molecule has 2 unspecified atom stereocenters. The Hall–Kier alpha value is -9.90. The Balaban J connectivity index is 0.695. The molecule has 0 radical (unpaired) electrons. The minimum Gasteiger partial charge on any atom is -0.481 e. The summed E-state index contributed by atoms with van der Waals surface area (Å²) in [4.78, 5) is 129. The number of benzene rings is 2. The van der Waals surface area contributed by atoms with Gasteiger partial charge in [0.15, 0.2) is 22.5 Å². The van der Waals surface area contributed by atoms with Gasteiger partial charge in [-0.1, -0.05) is 63.3 Å². The third-order valence-electron chi connectivity index (χ3n) is 20.2. The van der Waals surface area contributed by atoms with Crippen LogP contribution in [0, 0.1) is 41.4 Å². The number of nitrogens with one attached hydrogen (secondary N) is 5. The van der Waals surface area contributed by atoms with Crippen molar-refractivity contribution in [3.05, 3.63) is 107 Å². The van der Waals surface area contributed by atoms with Gasteiger partial charge in [-0.3, -0.25) is 38.3 Å². The molecule has 4 aromatic heterocycles. The van der Waals surface area contributed by atoms with Crippen molar-refractivity contribution >= 4 is 103 Å². The summed E-state index contributed by atoms with van der Waals surface area (Å²) in [6, 6.07) is 15.2. The third-order valence-corrected chi connectivity index (χ3v) is 21.2. The fourth-order valence-electron chi connectivity index (χ4n) is 17.0. The summed E-state index contributed by atoms with van der Waals surface area (Å²) in [6.45, 7) is 13.7. The maximum Gasteiger partial charge on any atom is 0.410 e. The van der Waals surface area contributed by atoms with Gasteiger partial charge in [-0.25, -0.2) is 24.4 Å². The smallest absolute Gasteiger partial charge is 0.410 e. The number of ether oxygens (including phenoxy) is 2. The molecule has 4 fully saturated rings. The second-order valence-corrected chi connectivity index (χ2v) is 30.0. The first kappa shape index (κ1) is 72.4. The predicted molar refractivity (Wildman–Crippen MR) is 376 cm³/mol. The molecule has 4 saturated carbocycles. The molecule has 28 nitrogen and oxygen atoms in total. The number of carbonyl (C=O) groups is 9. The first-order valence-electron chi connectivity index (χ1n) is 34.5. The Bertz CT molecular complexity index is 4120. The summed E-state index contributed by atoms with van der Waals surface area (Å²) in [5.41, 5.74) is 10.9. The number of urea groups is 1. The first-order chi connectivity index (χ1) is 48.2. The summed E-state index contributed by atoms with van der Waals surface area (Å²) >= 11 is 1.54. The van der Waals surface area contributed by atoms with E-state index in [1.165, 1.54) is 17.1 Å². The number of nitrogens with zero attached hydrogens (tertiary/aromatic N) is 9. The Kier molecular flexibility index (Phi) is 21.9. The number of hydrogen-bond acceptors (Lipinski definition) is 19. The van der Waals surface area contributed by atoms with Gasteiger partial charge in [0.05, 0.1) is 42.6 Å². The number of rotatable bonds is 32. The van der Waals surface area contributed by atoms with Crippen LogP contribution in [0.25, 0.3) is 21.3 Å². The number of para-hydroxylation sites is 1. The van der Waals surface area contributed by atoms with E-state index >= 15 is 0 Å². The molecule has 4 atom stereocenters. The van der Waals surface area contributed by atoms with Gasteiger partial charge in [-0.05, 0) is 160 Å². The van der Waals surface area contributed by atoms with E-state index in [9.17, 15) is 53.4 Å². The molecule has 8 amide bonds. The molecule has 0 spiro atoms. The highest BCUT2D eigenvalue weighted by Crippen LogP contribution is 2.75. The number of primary amides is 1. The van der Waals surface area contributed by atoms with Gasteiger partial charge in [0.2, 0.25) is 17.7 Å². The molecule has 2 aromatic carbocycles. The van der Waals surface area contributed by atoms with Crippen LogP contribution in [0.5, 0.6) is 0 Å². The van der Waals surface area contributed by atoms with Crippen molar-refractivity contribution in [2.45, 2.75) is 157 Å². The summed E-state index contributed by atoms with van der Waals surface area (Å²) in [5, 5.41) is 49.7. The second-order valence-electron chi connectivity index (χ2n) is 29.0. The average molecular weight is 1400 g/mol. The second kappa shape index (κ2) is 30.5. The number of thiazole rings is 1. The minimum absolute atomic E-state index is 0.0131. The predicted octanol–water partition coefficient (Wildman–Crippen LogP) is 9.09. The van der Waals surface area contributed by atoms with E-state index in [4.69, 9.17) is 30.3 Å². The van der Waals surface area contributed by atoms with Crippen LogP contribution < -0.4 is 37.2 Å². The highest BCUT2D eigenvalue weighted by Gasteiger charge is 2.65. The molecule has 6 aliphatic rings. The zero-order valence-electron chi connectivity index (χ0n) is 57.9. The monoisotopic (exact) mass is 1400 g/mol. The minimum atomic E-state index is -1.16. The molecule has 2 aliphatic heterocycles. The molecule has 6 heterocycles. The lowest BCUT2D eigenvalue weighted by Crippen LogP contribution is -2.60. The number of carbonyl (C=O) groups excluding carboxylic acids is 7. The lowest BCUT2D eigenvalue weighted by Gasteiger charge is -2.70. The van der Waals surface area contributed by atoms with Gasteiger partial charge < -0.3 is 61.8 Å². The Morgan fingerprint density at radius 2 is 1.53 bits per heavy atom. The van der Waals surface area contributed by atoms with E-state index in [2.05, 4.69) is 55.3 Å². The van der Waals surface area contributed by atoms with Gasteiger partial charge in [0.25, 0.3) is 11.8 Å². The number of imide groups is 1. The number of aromatic carboxylic acids is 1. The third kappa shape index (κ3) is 17.1. The van der Waals surface area contributed by atoms with Crippen LogP contribution in [0.4, 0.5) is 37.9 Å². The topological polar surface area (TPSA) is 378 Å². The van der Waals surface area contributed by atoms with E-state index in [1.54, 1.807) is 55.6 Å². The van der Waals surface area contributed by atoms with Crippen molar-refractivity contribution in [3.63, 3.8) is 0 Å². The van der Waals surface area contributed by atoms with E-state index < -0.39 is 71.6 Å². The fraction of sp³-hybridized carbons (Fsp3) is 0.500. The molecule has 6 aromatic rings. The van der Waals surface area contributed by atoms with Crippen molar-refractivity contribution in [2.75, 3.05) is 61.5 Å². The Morgan fingerprint density at radius 1 is 0.802 bits per heavy atom. The molecule has 4 aliphatic carbocycles. The summed E-state index contributed by atoms with van der Waals surface area (Å²) in [5.74, 6) is -3.49. The number of hydrogen-bond donors (Lipinski definition) is 8. The Labute approximate surface area is 589 Å². The van der Waals surface area contributed by atoms with Gasteiger partial charge in [0.1, 0.15) is 24.5 Å². The lowest BCUT2D eigenvalue weighted by molar-refractivity contribution is -0.198. The highest BCUT2D eigenvalue weighted by atomic mass is 32.1. The van der Waals surface area contributed by atoms with Crippen molar-refractivity contribution < 1.29 is 62.8 Å². The van der Waals surface area contributed by atoms with Crippen molar-refractivity contribution in [1.82, 2.24) is 55.7 Å². The average Bonchev–Trinajstić information content (AvgIpc) is 1.00. The van der Waals surface area contributed by atoms with E-state index in [0.29, 0.717) is 59.3 Å². The molecule has 9 N–H and O–H groups in total. The highest BCUT2D eigenvalue weighted by molar-refractivity contribution is 7.22.